The summed E-state index contributed by atoms with van der Waals surface area (Å²) in [5.74, 6) is 0.642. The first kappa shape index (κ1) is 18.9. The molecule has 26 heavy (non-hydrogen) atoms. The molecule has 2 aliphatic rings. The number of rotatable bonds is 4. The first-order valence-corrected chi connectivity index (χ1v) is 10.0. The summed E-state index contributed by atoms with van der Waals surface area (Å²) < 4.78 is 1.83. The molecule has 6 heteroatoms. The number of amides is 2. The van der Waals surface area contributed by atoms with Gasteiger partial charge in [0.05, 0.1) is 12.1 Å². The normalized spacial score (nSPS) is 19.6. The van der Waals surface area contributed by atoms with Gasteiger partial charge in [0, 0.05) is 43.4 Å². The number of hydrogen-bond acceptors (Lipinski definition) is 3. The summed E-state index contributed by atoms with van der Waals surface area (Å²) in [4.78, 5) is 27.1. The lowest BCUT2D eigenvalue weighted by atomic mass is 9.87. The van der Waals surface area contributed by atoms with Gasteiger partial charge >= 0.3 is 0 Å². The summed E-state index contributed by atoms with van der Waals surface area (Å²) in [6, 6.07) is 0.176. The van der Waals surface area contributed by atoms with E-state index >= 15 is 0 Å². The van der Waals surface area contributed by atoms with Crippen molar-refractivity contribution in [2.24, 2.45) is 13.0 Å². The van der Waals surface area contributed by atoms with Crippen molar-refractivity contribution < 1.29 is 9.59 Å². The highest BCUT2D eigenvalue weighted by Gasteiger charge is 2.29. The Morgan fingerprint density at radius 2 is 1.73 bits per heavy atom. The predicted molar refractivity (Wildman–Crippen MR) is 101 cm³/mol. The lowest BCUT2D eigenvalue weighted by molar-refractivity contribution is -0.137. The number of nitrogens with zero attached hydrogens (tertiary/aromatic N) is 3. The number of carbonyl (C=O) groups excluding carboxylic acids is 2. The Morgan fingerprint density at radius 1 is 1.08 bits per heavy atom. The Morgan fingerprint density at radius 3 is 2.31 bits per heavy atom. The summed E-state index contributed by atoms with van der Waals surface area (Å²) in [6.07, 6.45) is 7.86. The SMILES string of the molecule is Cc1nn(C)c(C)c1CC(=O)NC1CCN(C(=O)C2CCCCC2)CC1. The smallest absolute Gasteiger partial charge is 0.225 e. The standard InChI is InChI=1S/C20H32N4O2/c1-14-18(15(2)23(3)22-14)13-19(25)21-17-9-11-24(12-10-17)20(26)16-7-5-4-6-8-16/h16-17H,4-13H2,1-3H3,(H,21,25). The predicted octanol–water partition coefficient (Wildman–Crippen LogP) is 2.27. The van der Waals surface area contributed by atoms with Crippen molar-refractivity contribution in [1.82, 2.24) is 20.0 Å². The average molecular weight is 361 g/mol. The number of aryl methyl sites for hydroxylation is 2. The molecule has 0 spiro atoms. The molecule has 1 aliphatic carbocycles. The third kappa shape index (κ3) is 4.27. The first-order valence-electron chi connectivity index (χ1n) is 10.0. The summed E-state index contributed by atoms with van der Waals surface area (Å²) in [6.45, 7) is 5.49. The summed E-state index contributed by atoms with van der Waals surface area (Å²) in [5, 5.41) is 7.53. The van der Waals surface area contributed by atoms with E-state index in [1.807, 2.05) is 30.5 Å². The van der Waals surface area contributed by atoms with Crippen molar-refractivity contribution >= 4 is 11.8 Å². The molecule has 2 fully saturated rings. The van der Waals surface area contributed by atoms with E-state index in [0.29, 0.717) is 12.3 Å². The van der Waals surface area contributed by atoms with Gasteiger partial charge in [-0.3, -0.25) is 14.3 Å². The Balaban J connectivity index is 1.46. The Hall–Kier alpha value is -1.85. The summed E-state index contributed by atoms with van der Waals surface area (Å²) in [7, 11) is 1.91. The molecule has 0 aromatic carbocycles. The van der Waals surface area contributed by atoms with Gasteiger partial charge in [-0.25, -0.2) is 0 Å². The molecule has 6 nitrogen and oxygen atoms in total. The summed E-state index contributed by atoms with van der Waals surface area (Å²) >= 11 is 0. The molecule has 1 N–H and O–H groups in total. The van der Waals surface area contributed by atoms with E-state index in [0.717, 1.165) is 55.7 Å². The fraction of sp³-hybridized carbons (Fsp3) is 0.750. The van der Waals surface area contributed by atoms with E-state index in [1.165, 1.54) is 19.3 Å². The molecule has 2 amide bonds. The number of piperidine rings is 1. The van der Waals surface area contributed by atoms with Gasteiger partial charge in [0.2, 0.25) is 11.8 Å². The lowest BCUT2D eigenvalue weighted by Gasteiger charge is -2.35. The third-order valence-electron chi connectivity index (χ3n) is 6.12. The summed E-state index contributed by atoms with van der Waals surface area (Å²) in [5.41, 5.74) is 2.99. The molecule has 0 unspecified atom stereocenters. The van der Waals surface area contributed by atoms with Crippen LogP contribution in [0, 0.1) is 19.8 Å². The van der Waals surface area contributed by atoms with Crippen LogP contribution in [0.2, 0.25) is 0 Å². The largest absolute Gasteiger partial charge is 0.353 e. The van der Waals surface area contributed by atoms with Gasteiger partial charge < -0.3 is 10.2 Å². The second-order valence-corrected chi connectivity index (χ2v) is 7.95. The molecule has 0 bridgehead atoms. The van der Waals surface area contributed by atoms with Crippen LogP contribution in [0.1, 0.15) is 61.9 Å². The van der Waals surface area contributed by atoms with Crippen LogP contribution >= 0.6 is 0 Å². The van der Waals surface area contributed by atoms with E-state index in [4.69, 9.17) is 0 Å². The number of likely N-dealkylation sites (tertiary alicyclic amines) is 1. The zero-order valence-electron chi connectivity index (χ0n) is 16.4. The Labute approximate surface area is 156 Å². The quantitative estimate of drug-likeness (QED) is 0.896. The maximum absolute atomic E-state index is 12.6. The van der Waals surface area contributed by atoms with Crippen LogP contribution in [0.5, 0.6) is 0 Å². The molecule has 2 heterocycles. The topological polar surface area (TPSA) is 67.2 Å². The highest BCUT2D eigenvalue weighted by Crippen LogP contribution is 2.26. The first-order chi connectivity index (χ1) is 12.5. The van der Waals surface area contributed by atoms with Crippen LogP contribution < -0.4 is 5.32 Å². The van der Waals surface area contributed by atoms with Gasteiger partial charge in [0.15, 0.2) is 0 Å². The second-order valence-electron chi connectivity index (χ2n) is 7.95. The molecule has 1 saturated heterocycles. The fourth-order valence-electron chi connectivity index (χ4n) is 4.36. The van der Waals surface area contributed by atoms with Gasteiger partial charge in [-0.05, 0) is 39.5 Å². The van der Waals surface area contributed by atoms with Gasteiger partial charge in [0.25, 0.3) is 0 Å². The van der Waals surface area contributed by atoms with Crippen LogP contribution in [0.3, 0.4) is 0 Å². The lowest BCUT2D eigenvalue weighted by Crippen LogP contribution is -2.48. The van der Waals surface area contributed by atoms with Crippen LogP contribution in [0.4, 0.5) is 0 Å². The van der Waals surface area contributed by atoms with Gasteiger partial charge in [0.1, 0.15) is 0 Å². The van der Waals surface area contributed by atoms with Crippen molar-refractivity contribution in [3.05, 3.63) is 17.0 Å². The highest BCUT2D eigenvalue weighted by molar-refractivity contribution is 5.80. The number of aromatic nitrogens is 2. The zero-order chi connectivity index (χ0) is 18.7. The molecule has 1 aromatic rings. The molecule has 1 aromatic heterocycles. The molecular weight excluding hydrogens is 328 g/mol. The van der Waals surface area contributed by atoms with Crippen LogP contribution in [-0.2, 0) is 23.1 Å². The molecule has 1 aliphatic heterocycles. The minimum atomic E-state index is 0.0567. The Bertz CT molecular complexity index is 653. The molecule has 144 valence electrons. The minimum absolute atomic E-state index is 0.0567. The van der Waals surface area contributed by atoms with E-state index in [1.54, 1.807) is 0 Å². The molecule has 3 rings (SSSR count). The number of carbonyl (C=O) groups is 2. The molecule has 1 saturated carbocycles. The molecular formula is C20H32N4O2. The van der Waals surface area contributed by atoms with Crippen molar-refractivity contribution in [2.75, 3.05) is 13.1 Å². The second kappa shape index (κ2) is 8.23. The maximum atomic E-state index is 12.6. The Kier molecular flexibility index (Phi) is 5.99. The number of hydrogen-bond donors (Lipinski definition) is 1. The third-order valence-corrected chi connectivity index (χ3v) is 6.12. The number of nitrogens with one attached hydrogen (secondary N) is 1. The van der Waals surface area contributed by atoms with E-state index in [9.17, 15) is 9.59 Å². The molecule has 0 radical (unpaired) electrons. The van der Waals surface area contributed by atoms with Crippen molar-refractivity contribution in [2.45, 2.75) is 71.3 Å². The van der Waals surface area contributed by atoms with Crippen LogP contribution in [0.15, 0.2) is 0 Å². The van der Waals surface area contributed by atoms with E-state index in [-0.39, 0.29) is 17.9 Å². The van der Waals surface area contributed by atoms with Gasteiger partial charge in [-0.15, -0.1) is 0 Å². The highest BCUT2D eigenvalue weighted by atomic mass is 16.2. The zero-order valence-corrected chi connectivity index (χ0v) is 16.4. The van der Waals surface area contributed by atoms with E-state index in [2.05, 4.69) is 10.4 Å². The van der Waals surface area contributed by atoms with Crippen molar-refractivity contribution in [1.29, 1.82) is 0 Å². The average Bonchev–Trinajstić information content (AvgIpc) is 2.88. The fourth-order valence-corrected chi connectivity index (χ4v) is 4.36. The monoisotopic (exact) mass is 360 g/mol. The van der Waals surface area contributed by atoms with Gasteiger partial charge in [-0.1, -0.05) is 19.3 Å². The van der Waals surface area contributed by atoms with Crippen LogP contribution in [0.25, 0.3) is 0 Å². The van der Waals surface area contributed by atoms with Crippen LogP contribution in [-0.4, -0.2) is 45.6 Å². The van der Waals surface area contributed by atoms with Crippen molar-refractivity contribution in [3.8, 4) is 0 Å². The molecule has 0 atom stereocenters. The maximum Gasteiger partial charge on any atom is 0.225 e. The minimum Gasteiger partial charge on any atom is -0.353 e. The van der Waals surface area contributed by atoms with Crippen molar-refractivity contribution in [3.63, 3.8) is 0 Å². The van der Waals surface area contributed by atoms with E-state index < -0.39 is 0 Å². The van der Waals surface area contributed by atoms with Gasteiger partial charge in [-0.2, -0.15) is 5.10 Å².